The zero-order valence-corrected chi connectivity index (χ0v) is 22.6. The lowest BCUT2D eigenvalue weighted by molar-refractivity contribution is 1.18. The van der Waals surface area contributed by atoms with Crippen LogP contribution in [0.2, 0.25) is 0 Å². The molecule has 0 aliphatic rings. The van der Waals surface area contributed by atoms with Crippen LogP contribution in [-0.4, -0.2) is 4.57 Å². The number of hydrogen-bond donors (Lipinski definition) is 0. The van der Waals surface area contributed by atoms with Gasteiger partial charge in [0.1, 0.15) is 0 Å². The lowest BCUT2D eigenvalue weighted by atomic mass is 9.97. The minimum Gasteiger partial charge on any atom is -0.309 e. The van der Waals surface area contributed by atoms with Crippen LogP contribution in [0.15, 0.2) is 152 Å². The van der Waals surface area contributed by atoms with Crippen molar-refractivity contribution < 1.29 is 0 Å². The van der Waals surface area contributed by atoms with Crippen LogP contribution >= 0.6 is 11.3 Å². The molecular weight excluding hydrogens is 502 g/mol. The average Bonchev–Trinajstić information content (AvgIpc) is 3.65. The van der Waals surface area contributed by atoms with Gasteiger partial charge in [0.2, 0.25) is 0 Å². The van der Waals surface area contributed by atoms with Crippen LogP contribution in [0.3, 0.4) is 0 Å². The van der Waals surface area contributed by atoms with Crippen LogP contribution in [0.4, 0.5) is 0 Å². The summed E-state index contributed by atoms with van der Waals surface area (Å²) < 4.78 is 2.37. The van der Waals surface area contributed by atoms with E-state index >= 15 is 0 Å². The molecule has 1 nitrogen and oxygen atoms in total. The van der Waals surface area contributed by atoms with E-state index in [0.29, 0.717) is 0 Å². The second kappa shape index (κ2) is 9.37. The molecule has 0 radical (unpaired) electrons. The Balaban J connectivity index is 1.17. The van der Waals surface area contributed by atoms with Gasteiger partial charge in [-0.05, 0) is 75.5 Å². The lowest BCUT2D eigenvalue weighted by Gasteiger charge is -2.08. The van der Waals surface area contributed by atoms with E-state index in [1.807, 2.05) is 11.3 Å². The Kier molecular flexibility index (Phi) is 5.39. The third-order valence-corrected chi connectivity index (χ3v) is 9.03. The standard InChI is InChI=1S/C38H25NS/c1-2-11-30(12-3-1)39-35-16-7-6-14-33(35)34-25-29(21-22-36(34)39)38-24-23-37(40-38)28-19-17-27(18-20-28)32-15-8-10-26-9-4-5-13-31(26)32/h1-25H. The molecule has 0 saturated carbocycles. The zero-order chi connectivity index (χ0) is 26.5. The summed E-state index contributed by atoms with van der Waals surface area (Å²) in [5, 5.41) is 5.13. The van der Waals surface area contributed by atoms with E-state index in [1.54, 1.807) is 0 Å². The van der Waals surface area contributed by atoms with Gasteiger partial charge in [-0.15, -0.1) is 11.3 Å². The van der Waals surface area contributed by atoms with Crippen molar-refractivity contribution in [1.29, 1.82) is 0 Å². The molecule has 0 fully saturated rings. The summed E-state index contributed by atoms with van der Waals surface area (Å²) >= 11 is 1.85. The predicted molar refractivity (Wildman–Crippen MR) is 172 cm³/mol. The minimum atomic E-state index is 1.19. The van der Waals surface area contributed by atoms with Crippen LogP contribution in [0.5, 0.6) is 0 Å². The summed E-state index contributed by atoms with van der Waals surface area (Å²) in [5.41, 5.74) is 8.69. The normalized spacial score (nSPS) is 11.5. The Bertz CT molecular complexity index is 2140. The van der Waals surface area contributed by atoms with Gasteiger partial charge >= 0.3 is 0 Å². The molecule has 0 bridgehead atoms. The van der Waals surface area contributed by atoms with Crippen LogP contribution < -0.4 is 0 Å². The van der Waals surface area contributed by atoms with Gasteiger partial charge in [-0.3, -0.25) is 0 Å². The summed E-state index contributed by atoms with van der Waals surface area (Å²) in [6.07, 6.45) is 0. The highest BCUT2D eigenvalue weighted by molar-refractivity contribution is 7.18. The first kappa shape index (κ1) is 23.0. The van der Waals surface area contributed by atoms with E-state index in [-0.39, 0.29) is 0 Å². The van der Waals surface area contributed by atoms with Gasteiger partial charge in [0.05, 0.1) is 11.0 Å². The fraction of sp³-hybridized carbons (Fsp3) is 0. The molecule has 0 saturated heterocycles. The van der Waals surface area contributed by atoms with Gasteiger partial charge in [0.15, 0.2) is 0 Å². The Morgan fingerprint density at radius 2 is 1.02 bits per heavy atom. The maximum atomic E-state index is 2.37. The van der Waals surface area contributed by atoms with Crippen molar-refractivity contribution in [2.75, 3.05) is 0 Å². The number of aromatic nitrogens is 1. The molecule has 2 heteroatoms. The second-order valence-electron chi connectivity index (χ2n) is 10.2. The van der Waals surface area contributed by atoms with Crippen molar-refractivity contribution in [2.24, 2.45) is 0 Å². The molecule has 0 amide bonds. The van der Waals surface area contributed by atoms with E-state index < -0.39 is 0 Å². The van der Waals surface area contributed by atoms with Gasteiger partial charge < -0.3 is 4.57 Å². The molecule has 0 aliphatic carbocycles. The molecule has 6 aromatic carbocycles. The number of benzene rings is 6. The van der Waals surface area contributed by atoms with E-state index in [1.165, 1.54) is 70.3 Å². The molecule has 0 N–H and O–H groups in total. The van der Waals surface area contributed by atoms with E-state index in [9.17, 15) is 0 Å². The number of rotatable bonds is 4. The van der Waals surface area contributed by atoms with Crippen molar-refractivity contribution in [3.8, 4) is 37.7 Å². The highest BCUT2D eigenvalue weighted by Crippen LogP contribution is 2.39. The van der Waals surface area contributed by atoms with Crippen molar-refractivity contribution in [3.63, 3.8) is 0 Å². The molecule has 0 unspecified atom stereocenters. The first-order valence-electron chi connectivity index (χ1n) is 13.6. The Morgan fingerprint density at radius 3 is 1.88 bits per heavy atom. The fourth-order valence-electron chi connectivity index (χ4n) is 5.92. The quantitative estimate of drug-likeness (QED) is 0.214. The molecule has 8 rings (SSSR count). The maximum Gasteiger partial charge on any atom is 0.0541 e. The highest BCUT2D eigenvalue weighted by Gasteiger charge is 2.14. The first-order chi connectivity index (χ1) is 19.8. The summed E-state index contributed by atoms with van der Waals surface area (Å²) in [7, 11) is 0. The number of hydrogen-bond acceptors (Lipinski definition) is 1. The van der Waals surface area contributed by atoms with E-state index in [2.05, 4.69) is 156 Å². The van der Waals surface area contributed by atoms with Gasteiger partial charge in [0.25, 0.3) is 0 Å². The molecular formula is C38H25NS. The summed E-state index contributed by atoms with van der Waals surface area (Å²) in [4.78, 5) is 2.57. The van der Waals surface area contributed by atoms with Crippen molar-refractivity contribution >= 4 is 43.9 Å². The molecule has 188 valence electrons. The number of thiophene rings is 1. The lowest BCUT2D eigenvalue weighted by Crippen LogP contribution is -1.92. The molecule has 8 aromatic rings. The van der Waals surface area contributed by atoms with E-state index in [4.69, 9.17) is 0 Å². The third-order valence-electron chi connectivity index (χ3n) is 7.85. The Morgan fingerprint density at radius 1 is 0.400 bits per heavy atom. The summed E-state index contributed by atoms with van der Waals surface area (Å²) in [6.45, 7) is 0. The van der Waals surface area contributed by atoms with Gasteiger partial charge in [0, 0.05) is 26.2 Å². The van der Waals surface area contributed by atoms with Crippen LogP contribution in [-0.2, 0) is 0 Å². The highest BCUT2D eigenvalue weighted by atomic mass is 32.1. The minimum absolute atomic E-state index is 1.19. The topological polar surface area (TPSA) is 4.93 Å². The second-order valence-corrected chi connectivity index (χ2v) is 11.3. The van der Waals surface area contributed by atoms with Gasteiger partial charge in [-0.1, -0.05) is 109 Å². The first-order valence-corrected chi connectivity index (χ1v) is 14.4. The van der Waals surface area contributed by atoms with Gasteiger partial charge in [-0.2, -0.15) is 0 Å². The zero-order valence-electron chi connectivity index (χ0n) is 21.8. The number of para-hydroxylation sites is 2. The number of nitrogens with zero attached hydrogens (tertiary/aromatic N) is 1. The Labute approximate surface area is 237 Å². The van der Waals surface area contributed by atoms with Crippen molar-refractivity contribution in [2.45, 2.75) is 0 Å². The van der Waals surface area contributed by atoms with E-state index in [0.717, 1.165) is 0 Å². The SMILES string of the molecule is c1ccc(-n2c3ccccc3c3cc(-c4ccc(-c5ccc(-c6cccc7ccccc67)cc5)s4)ccc32)cc1. The third kappa shape index (κ3) is 3.77. The van der Waals surface area contributed by atoms with Crippen LogP contribution in [0.1, 0.15) is 0 Å². The van der Waals surface area contributed by atoms with Crippen molar-refractivity contribution in [1.82, 2.24) is 4.57 Å². The molecule has 0 atom stereocenters. The molecule has 0 aliphatic heterocycles. The summed E-state index contributed by atoms with van der Waals surface area (Å²) in [5.74, 6) is 0. The maximum absolute atomic E-state index is 2.37. The van der Waals surface area contributed by atoms with Gasteiger partial charge in [-0.25, -0.2) is 0 Å². The molecule has 40 heavy (non-hydrogen) atoms. The monoisotopic (exact) mass is 527 g/mol. The van der Waals surface area contributed by atoms with Crippen LogP contribution in [0, 0.1) is 0 Å². The smallest absolute Gasteiger partial charge is 0.0541 e. The largest absolute Gasteiger partial charge is 0.309 e. The fourth-order valence-corrected chi connectivity index (χ4v) is 6.93. The number of fused-ring (bicyclic) bond motifs is 4. The Hall–Kier alpha value is -4.92. The average molecular weight is 528 g/mol. The van der Waals surface area contributed by atoms with Crippen LogP contribution in [0.25, 0.3) is 70.3 Å². The molecule has 2 heterocycles. The van der Waals surface area contributed by atoms with Crippen molar-refractivity contribution in [3.05, 3.63) is 152 Å². The predicted octanol–water partition coefficient (Wildman–Crippen LogP) is 11.0. The molecule has 2 aromatic heterocycles. The summed E-state index contributed by atoms with van der Waals surface area (Å²) in [6, 6.07) is 54.9. The molecule has 0 spiro atoms.